The van der Waals surface area contributed by atoms with Crippen LogP contribution in [-0.2, 0) is 16.0 Å². The number of ether oxygens (including phenoxy) is 1. The van der Waals surface area contributed by atoms with Crippen LogP contribution in [-0.4, -0.2) is 40.3 Å². The van der Waals surface area contributed by atoms with Crippen molar-refractivity contribution in [2.24, 2.45) is 0 Å². The summed E-state index contributed by atoms with van der Waals surface area (Å²) in [5.41, 5.74) is 1.22. The fraction of sp³-hybridized carbons (Fsp3) is 0.529. The number of carbonyl (C=O) groups is 1. The largest absolute Gasteiger partial charge is 0.373 e. The van der Waals surface area contributed by atoms with Crippen molar-refractivity contribution in [1.29, 1.82) is 0 Å². The van der Waals surface area contributed by atoms with Crippen LogP contribution in [0.15, 0.2) is 29.9 Å². The molecule has 23 heavy (non-hydrogen) atoms. The van der Waals surface area contributed by atoms with Crippen molar-refractivity contribution in [2.45, 2.75) is 37.8 Å². The third-order valence-corrected chi connectivity index (χ3v) is 5.78. The monoisotopic (exact) mass is 331 g/mol. The molecule has 2 aromatic heterocycles. The number of amides is 1. The minimum Gasteiger partial charge on any atom is -0.373 e. The third kappa shape index (κ3) is 3.05. The van der Waals surface area contributed by atoms with Crippen LogP contribution in [0.4, 0.5) is 0 Å². The maximum absolute atomic E-state index is 12.7. The fourth-order valence-corrected chi connectivity index (χ4v) is 4.49. The number of hydrogen-bond donors (Lipinski definition) is 0. The van der Waals surface area contributed by atoms with E-state index in [1.807, 2.05) is 21.8 Å². The van der Waals surface area contributed by atoms with Gasteiger partial charge in [0.15, 0.2) is 0 Å². The van der Waals surface area contributed by atoms with Gasteiger partial charge in [0.25, 0.3) is 0 Å². The summed E-state index contributed by atoms with van der Waals surface area (Å²) in [6.45, 7) is 2.32. The van der Waals surface area contributed by atoms with E-state index in [2.05, 4.69) is 16.5 Å². The van der Waals surface area contributed by atoms with Gasteiger partial charge < -0.3 is 9.64 Å². The lowest BCUT2D eigenvalue weighted by Crippen LogP contribution is -2.41. The molecule has 122 valence electrons. The van der Waals surface area contributed by atoms with Crippen molar-refractivity contribution in [3.05, 3.63) is 40.3 Å². The van der Waals surface area contributed by atoms with Gasteiger partial charge in [-0.05, 0) is 35.9 Å². The van der Waals surface area contributed by atoms with E-state index in [0.717, 1.165) is 39.0 Å². The average molecular weight is 331 g/mol. The van der Waals surface area contributed by atoms with E-state index in [0.29, 0.717) is 12.5 Å². The lowest BCUT2D eigenvalue weighted by molar-refractivity contribution is -0.136. The van der Waals surface area contributed by atoms with E-state index in [9.17, 15) is 4.79 Å². The first-order chi connectivity index (χ1) is 11.3. The second-order valence-electron chi connectivity index (χ2n) is 6.23. The van der Waals surface area contributed by atoms with Crippen molar-refractivity contribution >= 4 is 17.2 Å². The molecule has 2 atom stereocenters. The SMILES string of the molecule is O=C(C[C@H]1OCCc2sccc21)N1CCC[C@@H](n2cccn2)C1. The quantitative estimate of drug-likeness (QED) is 0.869. The first-order valence-electron chi connectivity index (χ1n) is 8.26. The summed E-state index contributed by atoms with van der Waals surface area (Å²) in [5, 5.41) is 6.43. The van der Waals surface area contributed by atoms with Crippen LogP contribution in [0, 0.1) is 0 Å². The number of likely N-dealkylation sites (tertiary alicyclic amines) is 1. The lowest BCUT2D eigenvalue weighted by atomic mass is 10.0. The molecule has 0 radical (unpaired) electrons. The third-order valence-electron chi connectivity index (χ3n) is 4.78. The van der Waals surface area contributed by atoms with Crippen LogP contribution < -0.4 is 0 Å². The molecule has 1 amide bonds. The molecule has 0 aliphatic carbocycles. The average Bonchev–Trinajstić information content (AvgIpc) is 3.27. The van der Waals surface area contributed by atoms with Crippen molar-refractivity contribution in [3.8, 4) is 0 Å². The highest BCUT2D eigenvalue weighted by Gasteiger charge is 2.29. The normalized spacial score (nSPS) is 24.4. The number of aromatic nitrogens is 2. The zero-order valence-corrected chi connectivity index (χ0v) is 13.9. The molecule has 5 nitrogen and oxygen atoms in total. The molecule has 0 aromatic carbocycles. The minimum atomic E-state index is -0.0671. The number of thiophene rings is 1. The van der Waals surface area contributed by atoms with Crippen LogP contribution in [0.25, 0.3) is 0 Å². The summed E-state index contributed by atoms with van der Waals surface area (Å²) in [6.07, 6.45) is 7.27. The Balaban J connectivity index is 1.42. The molecule has 2 aliphatic rings. The summed E-state index contributed by atoms with van der Waals surface area (Å²) >= 11 is 1.77. The molecule has 1 saturated heterocycles. The Bertz CT molecular complexity index is 667. The molecule has 0 N–H and O–H groups in total. The van der Waals surface area contributed by atoms with E-state index in [-0.39, 0.29) is 12.0 Å². The Morgan fingerprint density at radius 3 is 3.30 bits per heavy atom. The topological polar surface area (TPSA) is 47.4 Å². The number of nitrogens with zero attached hydrogens (tertiary/aromatic N) is 3. The molecule has 0 unspecified atom stereocenters. The number of piperidine rings is 1. The Labute approximate surface area is 139 Å². The maximum Gasteiger partial charge on any atom is 0.225 e. The molecule has 2 aromatic rings. The zero-order chi connectivity index (χ0) is 15.6. The van der Waals surface area contributed by atoms with Gasteiger partial charge in [-0.3, -0.25) is 9.48 Å². The molecule has 0 bridgehead atoms. The van der Waals surface area contributed by atoms with Gasteiger partial charge in [0.1, 0.15) is 0 Å². The Morgan fingerprint density at radius 1 is 1.48 bits per heavy atom. The van der Waals surface area contributed by atoms with E-state index in [4.69, 9.17) is 4.74 Å². The second kappa shape index (κ2) is 6.45. The maximum atomic E-state index is 12.7. The highest BCUT2D eigenvalue weighted by molar-refractivity contribution is 7.10. The number of rotatable bonds is 3. The van der Waals surface area contributed by atoms with Gasteiger partial charge in [0, 0.05) is 36.8 Å². The molecule has 2 aliphatic heterocycles. The predicted molar refractivity (Wildman–Crippen MR) is 88.4 cm³/mol. The summed E-state index contributed by atoms with van der Waals surface area (Å²) in [7, 11) is 0. The standard InChI is InChI=1S/C17H21N3O2S/c21-17(11-15-14-5-10-23-16(14)4-9-22-15)19-7-1-3-13(12-19)20-8-2-6-18-20/h2,5-6,8,10,13,15H,1,3-4,7,9,11-12H2/t13-,15-/m1/s1. The first kappa shape index (κ1) is 14.9. The summed E-state index contributed by atoms with van der Waals surface area (Å²) in [5.74, 6) is 0.200. The molecule has 4 heterocycles. The summed E-state index contributed by atoms with van der Waals surface area (Å²) in [6, 6.07) is 4.35. The van der Waals surface area contributed by atoms with Gasteiger partial charge in [0.2, 0.25) is 5.91 Å². The first-order valence-corrected chi connectivity index (χ1v) is 9.14. The van der Waals surface area contributed by atoms with E-state index in [1.54, 1.807) is 17.5 Å². The summed E-state index contributed by atoms with van der Waals surface area (Å²) in [4.78, 5) is 16.1. The number of carbonyl (C=O) groups excluding carboxylic acids is 1. The van der Waals surface area contributed by atoms with Crippen LogP contribution >= 0.6 is 11.3 Å². The second-order valence-corrected chi connectivity index (χ2v) is 7.24. The highest BCUT2D eigenvalue weighted by atomic mass is 32.1. The summed E-state index contributed by atoms with van der Waals surface area (Å²) < 4.78 is 7.84. The van der Waals surface area contributed by atoms with E-state index in [1.165, 1.54) is 10.4 Å². The predicted octanol–water partition coefficient (Wildman–Crippen LogP) is 2.81. The molecule has 0 saturated carbocycles. The van der Waals surface area contributed by atoms with Gasteiger partial charge in [-0.15, -0.1) is 11.3 Å². The fourth-order valence-electron chi connectivity index (χ4n) is 3.57. The highest BCUT2D eigenvalue weighted by Crippen LogP contribution is 2.34. The van der Waals surface area contributed by atoms with Gasteiger partial charge in [0.05, 0.1) is 25.2 Å². The molecule has 4 rings (SSSR count). The van der Waals surface area contributed by atoms with Gasteiger partial charge in [-0.2, -0.15) is 5.10 Å². The van der Waals surface area contributed by atoms with E-state index >= 15 is 0 Å². The smallest absolute Gasteiger partial charge is 0.225 e. The number of hydrogen-bond acceptors (Lipinski definition) is 4. The Morgan fingerprint density at radius 2 is 2.43 bits per heavy atom. The molecular weight excluding hydrogens is 310 g/mol. The van der Waals surface area contributed by atoms with Crippen molar-refractivity contribution in [2.75, 3.05) is 19.7 Å². The molecule has 6 heteroatoms. The molecule has 0 spiro atoms. The van der Waals surface area contributed by atoms with Gasteiger partial charge >= 0.3 is 0 Å². The number of fused-ring (bicyclic) bond motifs is 1. The van der Waals surface area contributed by atoms with Gasteiger partial charge in [-0.1, -0.05) is 0 Å². The zero-order valence-electron chi connectivity index (χ0n) is 13.1. The van der Waals surface area contributed by atoms with Crippen LogP contribution in [0.3, 0.4) is 0 Å². The van der Waals surface area contributed by atoms with Crippen LogP contribution in [0.2, 0.25) is 0 Å². The van der Waals surface area contributed by atoms with Crippen molar-refractivity contribution in [1.82, 2.24) is 14.7 Å². The van der Waals surface area contributed by atoms with Gasteiger partial charge in [-0.25, -0.2) is 0 Å². The van der Waals surface area contributed by atoms with E-state index < -0.39 is 0 Å². The van der Waals surface area contributed by atoms with Crippen molar-refractivity contribution < 1.29 is 9.53 Å². The molecule has 1 fully saturated rings. The Hall–Kier alpha value is -1.66. The Kier molecular flexibility index (Phi) is 4.18. The molecular formula is C17H21N3O2S. The van der Waals surface area contributed by atoms with Crippen LogP contribution in [0.1, 0.15) is 41.8 Å². The van der Waals surface area contributed by atoms with Crippen LogP contribution in [0.5, 0.6) is 0 Å². The lowest BCUT2D eigenvalue weighted by Gasteiger charge is -2.34. The minimum absolute atomic E-state index is 0.0671. The van der Waals surface area contributed by atoms with Crippen molar-refractivity contribution in [3.63, 3.8) is 0 Å².